The molecule has 1 aromatic heterocycles. The zero-order valence-electron chi connectivity index (χ0n) is 15.8. The zero-order valence-corrected chi connectivity index (χ0v) is 16.6. The van der Waals surface area contributed by atoms with E-state index in [1.54, 1.807) is 31.3 Å². The molecule has 1 aromatic carbocycles. The average molecular weight is 377 g/mol. The summed E-state index contributed by atoms with van der Waals surface area (Å²) in [6.07, 6.45) is 0.825. The van der Waals surface area contributed by atoms with Crippen molar-refractivity contribution >= 4 is 29.1 Å². The molecule has 7 heteroatoms. The summed E-state index contributed by atoms with van der Waals surface area (Å²) >= 11 is 6.05. The second kappa shape index (κ2) is 7.91. The molecular formula is C19H25ClN4O2. The largest absolute Gasteiger partial charge is 0.352 e. The number of hydrogen-bond donors (Lipinski definition) is 2. The maximum absolute atomic E-state index is 12.7. The Balaban J connectivity index is 2.30. The van der Waals surface area contributed by atoms with E-state index in [4.69, 9.17) is 11.6 Å². The van der Waals surface area contributed by atoms with E-state index in [1.807, 2.05) is 27.7 Å². The highest BCUT2D eigenvalue weighted by atomic mass is 35.5. The van der Waals surface area contributed by atoms with Crippen LogP contribution in [0, 0.1) is 0 Å². The maximum Gasteiger partial charge on any atom is 0.273 e. The Labute approximate surface area is 158 Å². The fraction of sp³-hybridized carbons (Fsp3) is 0.421. The molecule has 0 atom stereocenters. The van der Waals surface area contributed by atoms with Crippen LogP contribution >= 0.6 is 11.6 Å². The van der Waals surface area contributed by atoms with Crippen molar-refractivity contribution in [3.05, 3.63) is 46.2 Å². The molecule has 0 saturated carbocycles. The average Bonchev–Trinajstić information content (AvgIpc) is 2.95. The van der Waals surface area contributed by atoms with Crippen molar-refractivity contribution in [1.82, 2.24) is 15.1 Å². The fourth-order valence-electron chi connectivity index (χ4n) is 2.38. The molecule has 6 nitrogen and oxygen atoms in total. The van der Waals surface area contributed by atoms with Crippen molar-refractivity contribution in [2.45, 2.75) is 39.5 Å². The molecule has 2 aromatic rings. The molecule has 26 heavy (non-hydrogen) atoms. The number of nitrogens with zero attached hydrogens (tertiary/aromatic N) is 2. The molecule has 0 saturated heterocycles. The topological polar surface area (TPSA) is 76.0 Å². The number of amides is 2. The van der Waals surface area contributed by atoms with E-state index in [0.717, 1.165) is 12.1 Å². The number of rotatable bonds is 5. The lowest BCUT2D eigenvalue weighted by Gasteiger charge is -2.13. The van der Waals surface area contributed by atoms with E-state index in [9.17, 15) is 9.59 Å². The van der Waals surface area contributed by atoms with Gasteiger partial charge in [0.2, 0.25) is 0 Å². The number of halogens is 1. The number of aromatic nitrogens is 2. The second-order valence-corrected chi connectivity index (χ2v) is 7.62. The van der Waals surface area contributed by atoms with Gasteiger partial charge in [-0.05, 0) is 30.7 Å². The normalized spacial score (nSPS) is 11.3. The van der Waals surface area contributed by atoms with Crippen LogP contribution in [0.25, 0.3) is 0 Å². The van der Waals surface area contributed by atoms with Crippen molar-refractivity contribution in [3.63, 3.8) is 0 Å². The van der Waals surface area contributed by atoms with E-state index in [1.165, 1.54) is 4.68 Å². The van der Waals surface area contributed by atoms with Gasteiger partial charge in [-0.25, -0.2) is 0 Å². The molecule has 2 rings (SSSR count). The minimum Gasteiger partial charge on any atom is -0.352 e. The van der Waals surface area contributed by atoms with Gasteiger partial charge in [0.15, 0.2) is 0 Å². The van der Waals surface area contributed by atoms with Crippen molar-refractivity contribution in [2.24, 2.45) is 7.05 Å². The quantitative estimate of drug-likeness (QED) is 0.834. The van der Waals surface area contributed by atoms with Crippen LogP contribution in [0.15, 0.2) is 24.3 Å². The molecule has 0 aliphatic heterocycles. The first kappa shape index (κ1) is 20.0. The highest BCUT2D eigenvalue weighted by molar-refractivity contribution is 6.31. The first-order chi connectivity index (χ1) is 12.1. The van der Waals surface area contributed by atoms with E-state index < -0.39 is 0 Å². The summed E-state index contributed by atoms with van der Waals surface area (Å²) in [5, 5.41) is 10.4. The lowest BCUT2D eigenvalue weighted by atomic mass is 9.92. The lowest BCUT2D eigenvalue weighted by Crippen LogP contribution is -2.26. The van der Waals surface area contributed by atoms with Crippen LogP contribution in [0.3, 0.4) is 0 Å². The summed E-state index contributed by atoms with van der Waals surface area (Å²) in [6, 6.07) is 6.56. The zero-order chi connectivity index (χ0) is 19.5. The number of carbonyl (C=O) groups excluding carboxylic acids is 2. The van der Waals surface area contributed by atoms with Crippen LogP contribution in [-0.2, 0) is 12.5 Å². The van der Waals surface area contributed by atoms with Crippen LogP contribution in [-0.4, -0.2) is 28.1 Å². The summed E-state index contributed by atoms with van der Waals surface area (Å²) in [6.45, 7) is 8.63. The summed E-state index contributed by atoms with van der Waals surface area (Å²) in [4.78, 5) is 25.1. The van der Waals surface area contributed by atoms with Crippen molar-refractivity contribution in [1.29, 1.82) is 0 Å². The third kappa shape index (κ3) is 4.64. The van der Waals surface area contributed by atoms with Gasteiger partial charge in [-0.2, -0.15) is 5.10 Å². The van der Waals surface area contributed by atoms with Crippen LogP contribution in [0.5, 0.6) is 0 Å². The Morgan fingerprint density at radius 1 is 1.19 bits per heavy atom. The van der Waals surface area contributed by atoms with Gasteiger partial charge in [0.05, 0.1) is 16.9 Å². The Kier molecular flexibility index (Phi) is 6.08. The molecule has 0 spiro atoms. The van der Waals surface area contributed by atoms with Gasteiger partial charge in [0.1, 0.15) is 5.69 Å². The second-order valence-electron chi connectivity index (χ2n) is 7.19. The number of anilines is 1. The molecule has 0 fully saturated rings. The SMILES string of the molecule is CCCNC(=O)c1ccc(Cl)cc1NC(=O)c1cc(C(C)(C)C)nn1C. The molecule has 140 valence electrons. The maximum atomic E-state index is 12.7. The molecule has 0 radical (unpaired) electrons. The van der Waals surface area contributed by atoms with E-state index in [-0.39, 0.29) is 17.2 Å². The number of carbonyl (C=O) groups is 2. The summed E-state index contributed by atoms with van der Waals surface area (Å²) in [5.74, 6) is -0.596. The van der Waals surface area contributed by atoms with Gasteiger partial charge in [0, 0.05) is 24.0 Å². The molecule has 0 aliphatic rings. The van der Waals surface area contributed by atoms with Crippen molar-refractivity contribution < 1.29 is 9.59 Å². The molecule has 2 amide bonds. The van der Waals surface area contributed by atoms with E-state index in [2.05, 4.69) is 15.7 Å². The molecule has 2 N–H and O–H groups in total. The predicted octanol–water partition coefficient (Wildman–Crippen LogP) is 3.76. The third-order valence-electron chi connectivity index (χ3n) is 3.89. The first-order valence-corrected chi connectivity index (χ1v) is 8.95. The highest BCUT2D eigenvalue weighted by Gasteiger charge is 2.22. The van der Waals surface area contributed by atoms with Gasteiger partial charge < -0.3 is 10.6 Å². The smallest absolute Gasteiger partial charge is 0.273 e. The molecule has 0 bridgehead atoms. The fourth-order valence-corrected chi connectivity index (χ4v) is 2.56. The Morgan fingerprint density at radius 2 is 1.88 bits per heavy atom. The van der Waals surface area contributed by atoms with Crippen LogP contribution in [0.4, 0.5) is 5.69 Å². The number of benzene rings is 1. The third-order valence-corrected chi connectivity index (χ3v) is 4.13. The Bertz CT molecular complexity index is 821. The van der Waals surface area contributed by atoms with Gasteiger partial charge in [0.25, 0.3) is 11.8 Å². The molecule has 0 aliphatic carbocycles. The highest BCUT2D eigenvalue weighted by Crippen LogP contribution is 2.24. The first-order valence-electron chi connectivity index (χ1n) is 8.57. The standard InChI is InChI=1S/C19H25ClN4O2/c1-6-9-21-17(25)13-8-7-12(20)10-14(13)22-18(26)15-11-16(19(2,3)4)23-24(15)5/h7-8,10-11H,6,9H2,1-5H3,(H,21,25)(H,22,26). The van der Waals surface area contributed by atoms with Gasteiger partial charge in [-0.1, -0.05) is 39.3 Å². The van der Waals surface area contributed by atoms with Gasteiger partial charge >= 0.3 is 0 Å². The van der Waals surface area contributed by atoms with Crippen LogP contribution in [0.1, 0.15) is 60.7 Å². The summed E-state index contributed by atoms with van der Waals surface area (Å²) < 4.78 is 1.54. The van der Waals surface area contributed by atoms with E-state index in [0.29, 0.717) is 28.5 Å². The number of aryl methyl sites for hydroxylation is 1. The minimum atomic E-state index is -0.345. The summed E-state index contributed by atoms with van der Waals surface area (Å²) in [5.41, 5.74) is 1.80. The molecule has 0 unspecified atom stereocenters. The lowest BCUT2D eigenvalue weighted by molar-refractivity contribution is 0.0954. The van der Waals surface area contributed by atoms with E-state index >= 15 is 0 Å². The van der Waals surface area contributed by atoms with Crippen LogP contribution < -0.4 is 10.6 Å². The monoisotopic (exact) mass is 376 g/mol. The Hall–Kier alpha value is -2.34. The summed E-state index contributed by atoms with van der Waals surface area (Å²) in [7, 11) is 1.72. The minimum absolute atomic E-state index is 0.169. The van der Waals surface area contributed by atoms with Crippen LogP contribution in [0.2, 0.25) is 5.02 Å². The van der Waals surface area contributed by atoms with Crippen molar-refractivity contribution in [3.8, 4) is 0 Å². The van der Waals surface area contributed by atoms with Gasteiger partial charge in [-0.3, -0.25) is 14.3 Å². The number of hydrogen-bond acceptors (Lipinski definition) is 3. The molecular weight excluding hydrogens is 352 g/mol. The van der Waals surface area contributed by atoms with Gasteiger partial charge in [-0.15, -0.1) is 0 Å². The number of nitrogens with one attached hydrogen (secondary N) is 2. The molecule has 1 heterocycles. The van der Waals surface area contributed by atoms with Crippen molar-refractivity contribution in [2.75, 3.05) is 11.9 Å². The Morgan fingerprint density at radius 3 is 2.46 bits per heavy atom. The predicted molar refractivity (Wildman–Crippen MR) is 104 cm³/mol.